The van der Waals surface area contributed by atoms with Crippen molar-refractivity contribution in [3.8, 4) is 21.1 Å². The van der Waals surface area contributed by atoms with Gasteiger partial charge in [-0.05, 0) is 55.5 Å². The normalized spacial score (nSPS) is 13.9. The molecule has 0 bridgehead atoms. The molecule has 0 saturated heterocycles. The number of fused-ring (bicyclic) bond motifs is 2. The average molecular weight is 348 g/mol. The maximum absolute atomic E-state index is 12.0. The fourth-order valence-corrected chi connectivity index (χ4v) is 4.50. The van der Waals surface area contributed by atoms with Gasteiger partial charge in [0, 0.05) is 18.0 Å². The smallest absolute Gasteiger partial charge is 0.267 e. The summed E-state index contributed by atoms with van der Waals surface area (Å²) in [4.78, 5) is 18.9. The Bertz CT molecular complexity index is 1100. The lowest BCUT2D eigenvalue weighted by atomic mass is 9.91. The van der Waals surface area contributed by atoms with Crippen molar-refractivity contribution in [1.82, 2.24) is 19.6 Å². The minimum absolute atomic E-state index is 0.0319. The summed E-state index contributed by atoms with van der Waals surface area (Å²) in [5.74, 6) is 0. The van der Waals surface area contributed by atoms with E-state index in [9.17, 15) is 4.79 Å². The molecule has 4 heterocycles. The number of imidazole rings is 1. The first-order chi connectivity index (χ1) is 12.3. The standard InChI is InChI=1S/C19H16N4OS/c24-19-13-6-2-1-5-12(13)18(21-22-19)16-9-8-15(25-16)14-11-23-10-4-3-7-17(23)20-14/h3-4,7-11H,1-2,5-6H2,(H,22,24). The van der Waals surface area contributed by atoms with Crippen molar-refractivity contribution >= 4 is 17.0 Å². The third kappa shape index (κ3) is 2.41. The molecule has 1 N–H and O–H groups in total. The maximum atomic E-state index is 12.0. The molecular formula is C19H16N4OS. The van der Waals surface area contributed by atoms with Crippen molar-refractivity contribution in [3.05, 3.63) is 64.2 Å². The van der Waals surface area contributed by atoms with Crippen molar-refractivity contribution in [2.24, 2.45) is 0 Å². The highest BCUT2D eigenvalue weighted by atomic mass is 32.1. The molecule has 0 atom stereocenters. The zero-order chi connectivity index (χ0) is 16.8. The van der Waals surface area contributed by atoms with Gasteiger partial charge in [0.05, 0.1) is 15.4 Å². The summed E-state index contributed by atoms with van der Waals surface area (Å²) in [6.45, 7) is 0. The minimum Gasteiger partial charge on any atom is -0.306 e. The van der Waals surface area contributed by atoms with Gasteiger partial charge in [0.1, 0.15) is 11.3 Å². The largest absolute Gasteiger partial charge is 0.306 e. The van der Waals surface area contributed by atoms with Crippen LogP contribution in [0.4, 0.5) is 0 Å². The molecular weight excluding hydrogens is 332 g/mol. The zero-order valence-electron chi connectivity index (χ0n) is 13.5. The molecule has 1 aliphatic carbocycles. The van der Waals surface area contributed by atoms with Gasteiger partial charge in [0.15, 0.2) is 0 Å². The molecule has 25 heavy (non-hydrogen) atoms. The van der Waals surface area contributed by atoms with Gasteiger partial charge in [-0.2, -0.15) is 5.10 Å². The number of H-pyrrole nitrogens is 1. The first-order valence-corrected chi connectivity index (χ1v) is 9.26. The van der Waals surface area contributed by atoms with Gasteiger partial charge in [-0.25, -0.2) is 10.1 Å². The summed E-state index contributed by atoms with van der Waals surface area (Å²) in [7, 11) is 0. The SMILES string of the molecule is O=c1[nH]nc(-c2ccc(-c3cn4ccccc4n3)s2)c2c1CCCC2. The van der Waals surface area contributed by atoms with Crippen LogP contribution in [0.5, 0.6) is 0 Å². The van der Waals surface area contributed by atoms with Gasteiger partial charge in [-0.3, -0.25) is 4.79 Å². The van der Waals surface area contributed by atoms with Crippen molar-refractivity contribution in [3.63, 3.8) is 0 Å². The van der Waals surface area contributed by atoms with E-state index in [-0.39, 0.29) is 5.56 Å². The highest BCUT2D eigenvalue weighted by Crippen LogP contribution is 2.36. The number of nitrogens with zero attached hydrogens (tertiary/aromatic N) is 3. The molecule has 0 amide bonds. The Morgan fingerprint density at radius 2 is 1.88 bits per heavy atom. The lowest BCUT2D eigenvalue weighted by Crippen LogP contribution is -2.21. The van der Waals surface area contributed by atoms with Crippen LogP contribution in [-0.2, 0) is 12.8 Å². The highest BCUT2D eigenvalue weighted by Gasteiger charge is 2.20. The summed E-state index contributed by atoms with van der Waals surface area (Å²) >= 11 is 1.67. The molecule has 0 fully saturated rings. The quantitative estimate of drug-likeness (QED) is 0.601. The van der Waals surface area contributed by atoms with E-state index in [1.54, 1.807) is 11.3 Å². The van der Waals surface area contributed by atoms with E-state index in [1.165, 1.54) is 0 Å². The molecule has 0 saturated carbocycles. The van der Waals surface area contributed by atoms with Crippen LogP contribution in [0.25, 0.3) is 26.8 Å². The summed E-state index contributed by atoms with van der Waals surface area (Å²) in [5.41, 5.74) is 4.83. The predicted octanol–water partition coefficient (Wildman–Crippen LogP) is 3.69. The van der Waals surface area contributed by atoms with E-state index >= 15 is 0 Å². The number of thiophene rings is 1. The lowest BCUT2D eigenvalue weighted by Gasteiger charge is -2.16. The Balaban J connectivity index is 1.60. The summed E-state index contributed by atoms with van der Waals surface area (Å²) in [5, 5.41) is 7.04. The maximum Gasteiger partial charge on any atom is 0.267 e. The van der Waals surface area contributed by atoms with E-state index in [1.807, 2.05) is 35.0 Å². The molecule has 5 nitrogen and oxygen atoms in total. The Kier molecular flexibility index (Phi) is 3.31. The number of pyridine rings is 1. The first-order valence-electron chi connectivity index (χ1n) is 8.44. The van der Waals surface area contributed by atoms with E-state index in [4.69, 9.17) is 0 Å². The average Bonchev–Trinajstić information content (AvgIpc) is 3.29. The van der Waals surface area contributed by atoms with Crippen LogP contribution in [-0.4, -0.2) is 19.6 Å². The van der Waals surface area contributed by atoms with Crippen molar-refractivity contribution in [2.75, 3.05) is 0 Å². The van der Waals surface area contributed by atoms with Gasteiger partial charge in [-0.1, -0.05) is 6.07 Å². The molecule has 0 spiro atoms. The van der Waals surface area contributed by atoms with Gasteiger partial charge >= 0.3 is 0 Å². The number of hydrogen-bond acceptors (Lipinski definition) is 4. The van der Waals surface area contributed by atoms with E-state index in [0.717, 1.165) is 63.6 Å². The monoisotopic (exact) mass is 348 g/mol. The molecule has 124 valence electrons. The number of rotatable bonds is 2. The molecule has 0 aromatic carbocycles. The van der Waals surface area contributed by atoms with Crippen LogP contribution in [0.3, 0.4) is 0 Å². The Morgan fingerprint density at radius 1 is 1.04 bits per heavy atom. The second-order valence-corrected chi connectivity index (χ2v) is 7.41. The number of aromatic amines is 1. The molecule has 0 unspecified atom stereocenters. The Labute approximate surface area is 148 Å². The molecule has 4 aromatic heterocycles. The molecule has 0 radical (unpaired) electrons. The zero-order valence-corrected chi connectivity index (χ0v) is 14.3. The fourth-order valence-electron chi connectivity index (χ4n) is 3.52. The third-order valence-electron chi connectivity index (χ3n) is 4.75. The fraction of sp³-hybridized carbons (Fsp3) is 0.211. The van der Waals surface area contributed by atoms with Crippen LogP contribution in [0.1, 0.15) is 24.0 Å². The van der Waals surface area contributed by atoms with Gasteiger partial charge in [-0.15, -0.1) is 11.3 Å². The molecule has 5 rings (SSSR count). The predicted molar refractivity (Wildman–Crippen MR) is 99.0 cm³/mol. The van der Waals surface area contributed by atoms with E-state index in [0.29, 0.717) is 0 Å². The number of hydrogen-bond donors (Lipinski definition) is 1. The molecule has 1 aliphatic rings. The Morgan fingerprint density at radius 3 is 2.76 bits per heavy atom. The highest BCUT2D eigenvalue weighted by molar-refractivity contribution is 7.18. The van der Waals surface area contributed by atoms with E-state index in [2.05, 4.69) is 27.3 Å². The van der Waals surface area contributed by atoms with Crippen molar-refractivity contribution in [2.45, 2.75) is 25.7 Å². The Hall–Kier alpha value is -2.73. The number of aromatic nitrogens is 4. The van der Waals surface area contributed by atoms with Crippen LogP contribution < -0.4 is 5.56 Å². The molecule has 4 aromatic rings. The van der Waals surface area contributed by atoms with Gasteiger partial charge in [0.25, 0.3) is 5.56 Å². The third-order valence-corrected chi connectivity index (χ3v) is 5.87. The number of nitrogens with one attached hydrogen (secondary N) is 1. The van der Waals surface area contributed by atoms with Gasteiger partial charge < -0.3 is 4.40 Å². The van der Waals surface area contributed by atoms with Crippen molar-refractivity contribution < 1.29 is 0 Å². The molecule has 0 aliphatic heterocycles. The summed E-state index contributed by atoms with van der Waals surface area (Å²) < 4.78 is 2.02. The topological polar surface area (TPSA) is 63.0 Å². The first kappa shape index (κ1) is 14.6. The minimum atomic E-state index is -0.0319. The van der Waals surface area contributed by atoms with E-state index < -0.39 is 0 Å². The summed E-state index contributed by atoms with van der Waals surface area (Å²) in [6.07, 6.45) is 8.03. The lowest BCUT2D eigenvalue weighted by molar-refractivity contribution is 0.669. The van der Waals surface area contributed by atoms with Gasteiger partial charge in [0.2, 0.25) is 0 Å². The van der Waals surface area contributed by atoms with Crippen molar-refractivity contribution in [1.29, 1.82) is 0 Å². The second kappa shape index (κ2) is 5.67. The van der Waals surface area contributed by atoms with Crippen LogP contribution in [0.15, 0.2) is 47.5 Å². The van der Waals surface area contributed by atoms with Crippen LogP contribution in [0.2, 0.25) is 0 Å². The van der Waals surface area contributed by atoms with Crippen LogP contribution in [0, 0.1) is 0 Å². The summed E-state index contributed by atoms with van der Waals surface area (Å²) in [6, 6.07) is 10.2. The van der Waals surface area contributed by atoms with Crippen LogP contribution >= 0.6 is 11.3 Å². The second-order valence-electron chi connectivity index (χ2n) is 6.32. The molecule has 6 heteroatoms.